The second-order valence-electron chi connectivity index (χ2n) is 5.19. The van der Waals surface area contributed by atoms with Crippen LogP contribution in [-0.4, -0.2) is 15.9 Å². The minimum absolute atomic E-state index is 0.118. The molecule has 0 saturated carbocycles. The van der Waals surface area contributed by atoms with Crippen LogP contribution < -0.4 is 4.90 Å². The Labute approximate surface area is 153 Å². The minimum Gasteiger partial charge on any atom is -0.302 e. The molecular weight excluding hydrogens is 364 g/mol. The van der Waals surface area contributed by atoms with Gasteiger partial charge in [0.25, 0.3) is 5.91 Å². The van der Waals surface area contributed by atoms with Gasteiger partial charge in [-0.2, -0.15) is 0 Å². The lowest BCUT2D eigenvalue weighted by Crippen LogP contribution is -2.30. The van der Waals surface area contributed by atoms with Crippen LogP contribution in [0.25, 0.3) is 0 Å². The van der Waals surface area contributed by atoms with Crippen molar-refractivity contribution < 1.29 is 9.18 Å². The summed E-state index contributed by atoms with van der Waals surface area (Å²) in [6, 6.07) is 13.9. The largest absolute Gasteiger partial charge is 0.302 e. The molecule has 1 amide bonds. The number of amides is 1. The number of rotatable bonds is 4. The van der Waals surface area contributed by atoms with Gasteiger partial charge in [0.2, 0.25) is 0 Å². The maximum absolute atomic E-state index is 13.2. The Bertz CT molecular complexity index is 868. The van der Waals surface area contributed by atoms with E-state index in [1.54, 1.807) is 18.3 Å². The van der Waals surface area contributed by atoms with Crippen molar-refractivity contribution in [1.82, 2.24) is 9.97 Å². The van der Waals surface area contributed by atoms with E-state index in [9.17, 15) is 9.18 Å². The molecule has 126 valence electrons. The van der Waals surface area contributed by atoms with Crippen molar-refractivity contribution in [3.8, 4) is 0 Å². The number of hydrogen-bond donors (Lipinski definition) is 0. The SMILES string of the molecule is O=C(c1cc(Cl)nc(Cl)c1)N(Cc1ccccn1)c1ccc(F)cc1. The predicted octanol–water partition coefficient (Wildman–Crippen LogP) is 4.77. The van der Waals surface area contributed by atoms with Crippen LogP contribution in [0.1, 0.15) is 16.1 Å². The number of aromatic nitrogens is 2. The summed E-state index contributed by atoms with van der Waals surface area (Å²) < 4.78 is 13.2. The van der Waals surface area contributed by atoms with Crippen molar-refractivity contribution in [2.75, 3.05) is 4.90 Å². The summed E-state index contributed by atoms with van der Waals surface area (Å²) in [6.07, 6.45) is 1.64. The smallest absolute Gasteiger partial charge is 0.258 e. The van der Waals surface area contributed by atoms with Crippen LogP contribution in [0.15, 0.2) is 60.8 Å². The van der Waals surface area contributed by atoms with Crippen molar-refractivity contribution in [3.05, 3.63) is 88.2 Å². The number of anilines is 1. The summed E-state index contributed by atoms with van der Waals surface area (Å²) in [6.45, 7) is 0.211. The van der Waals surface area contributed by atoms with E-state index < -0.39 is 0 Å². The van der Waals surface area contributed by atoms with E-state index in [4.69, 9.17) is 23.2 Å². The zero-order chi connectivity index (χ0) is 17.8. The maximum Gasteiger partial charge on any atom is 0.258 e. The van der Waals surface area contributed by atoms with E-state index in [1.165, 1.54) is 41.3 Å². The molecule has 0 unspecified atom stereocenters. The van der Waals surface area contributed by atoms with Crippen molar-refractivity contribution in [2.24, 2.45) is 0 Å². The van der Waals surface area contributed by atoms with Gasteiger partial charge in [-0.25, -0.2) is 9.37 Å². The van der Waals surface area contributed by atoms with Crippen LogP contribution in [0, 0.1) is 5.82 Å². The standard InChI is InChI=1S/C18H12Cl2FN3O/c19-16-9-12(10-17(20)23-16)18(25)24(11-14-3-1-2-8-22-14)15-6-4-13(21)5-7-15/h1-10H,11H2. The highest BCUT2D eigenvalue weighted by Crippen LogP contribution is 2.22. The lowest BCUT2D eigenvalue weighted by molar-refractivity contribution is 0.0984. The summed E-state index contributed by atoms with van der Waals surface area (Å²) >= 11 is 11.8. The summed E-state index contributed by atoms with van der Waals surface area (Å²) in [5.74, 6) is -0.729. The van der Waals surface area contributed by atoms with Gasteiger partial charge in [0.15, 0.2) is 0 Å². The van der Waals surface area contributed by atoms with Crippen LogP contribution in [0.5, 0.6) is 0 Å². The first kappa shape index (κ1) is 17.3. The summed E-state index contributed by atoms with van der Waals surface area (Å²) in [5.41, 5.74) is 1.50. The van der Waals surface area contributed by atoms with E-state index in [2.05, 4.69) is 9.97 Å². The number of carbonyl (C=O) groups is 1. The minimum atomic E-state index is -0.385. The molecule has 25 heavy (non-hydrogen) atoms. The van der Waals surface area contributed by atoms with Gasteiger partial charge in [0.1, 0.15) is 16.1 Å². The zero-order valence-corrected chi connectivity index (χ0v) is 14.4. The Morgan fingerprint density at radius 1 is 1.04 bits per heavy atom. The van der Waals surface area contributed by atoms with Crippen LogP contribution in [0.3, 0.4) is 0 Å². The quantitative estimate of drug-likeness (QED) is 0.617. The van der Waals surface area contributed by atoms with Crippen LogP contribution >= 0.6 is 23.2 Å². The van der Waals surface area contributed by atoms with E-state index in [1.807, 2.05) is 6.07 Å². The van der Waals surface area contributed by atoms with Crippen molar-refractivity contribution >= 4 is 34.8 Å². The Hall–Kier alpha value is -2.50. The highest BCUT2D eigenvalue weighted by molar-refractivity contribution is 6.33. The molecule has 2 aromatic heterocycles. The molecule has 0 aliphatic carbocycles. The molecule has 0 N–H and O–H groups in total. The number of nitrogens with zero attached hydrogens (tertiary/aromatic N) is 3. The molecule has 0 radical (unpaired) electrons. The van der Waals surface area contributed by atoms with E-state index >= 15 is 0 Å². The predicted molar refractivity (Wildman–Crippen MR) is 95.4 cm³/mol. The topological polar surface area (TPSA) is 46.1 Å². The van der Waals surface area contributed by atoms with Gasteiger partial charge in [-0.15, -0.1) is 0 Å². The summed E-state index contributed by atoms with van der Waals surface area (Å²) in [4.78, 5) is 22.6. The van der Waals surface area contributed by atoms with Gasteiger partial charge < -0.3 is 4.90 Å². The van der Waals surface area contributed by atoms with Crippen molar-refractivity contribution in [1.29, 1.82) is 0 Å². The van der Waals surface area contributed by atoms with Gasteiger partial charge in [-0.1, -0.05) is 29.3 Å². The fourth-order valence-corrected chi connectivity index (χ4v) is 2.76. The van der Waals surface area contributed by atoms with E-state index in [0.717, 1.165) is 0 Å². The Kier molecular flexibility index (Phi) is 5.26. The highest BCUT2D eigenvalue weighted by atomic mass is 35.5. The number of benzene rings is 1. The Balaban J connectivity index is 2.00. The van der Waals surface area contributed by atoms with Gasteiger partial charge in [-0.05, 0) is 48.5 Å². The Morgan fingerprint density at radius 2 is 1.72 bits per heavy atom. The number of halogens is 3. The van der Waals surface area contributed by atoms with Crippen molar-refractivity contribution in [3.63, 3.8) is 0 Å². The van der Waals surface area contributed by atoms with Crippen molar-refractivity contribution in [2.45, 2.75) is 6.54 Å². The van der Waals surface area contributed by atoms with Gasteiger partial charge in [0, 0.05) is 17.4 Å². The lowest BCUT2D eigenvalue weighted by atomic mass is 10.2. The summed E-state index contributed by atoms with van der Waals surface area (Å²) in [7, 11) is 0. The third-order valence-corrected chi connectivity index (χ3v) is 3.83. The first-order valence-corrected chi connectivity index (χ1v) is 8.09. The maximum atomic E-state index is 13.2. The molecule has 0 spiro atoms. The first-order chi connectivity index (χ1) is 12.0. The third kappa shape index (κ3) is 4.32. The lowest BCUT2D eigenvalue weighted by Gasteiger charge is -2.23. The first-order valence-electron chi connectivity index (χ1n) is 7.33. The molecule has 2 heterocycles. The molecule has 4 nitrogen and oxygen atoms in total. The fourth-order valence-electron chi connectivity index (χ4n) is 2.30. The van der Waals surface area contributed by atoms with Crippen LogP contribution in [0.4, 0.5) is 10.1 Å². The third-order valence-electron chi connectivity index (χ3n) is 3.44. The normalized spacial score (nSPS) is 10.5. The Morgan fingerprint density at radius 3 is 2.32 bits per heavy atom. The van der Waals surface area contributed by atoms with Crippen LogP contribution in [0.2, 0.25) is 10.3 Å². The molecule has 0 bridgehead atoms. The number of hydrogen-bond acceptors (Lipinski definition) is 3. The molecule has 0 aliphatic heterocycles. The van der Waals surface area contributed by atoms with Gasteiger partial charge in [0.05, 0.1) is 12.2 Å². The van der Waals surface area contributed by atoms with Crippen LogP contribution in [-0.2, 0) is 6.54 Å². The molecule has 0 atom stereocenters. The average Bonchev–Trinajstić information content (AvgIpc) is 2.60. The fraction of sp³-hybridized carbons (Fsp3) is 0.0556. The molecule has 3 aromatic rings. The van der Waals surface area contributed by atoms with E-state index in [0.29, 0.717) is 11.4 Å². The molecular formula is C18H12Cl2FN3O. The molecule has 0 saturated heterocycles. The highest BCUT2D eigenvalue weighted by Gasteiger charge is 2.20. The summed E-state index contributed by atoms with van der Waals surface area (Å²) in [5, 5.41) is 0.237. The monoisotopic (exact) mass is 375 g/mol. The molecule has 7 heteroatoms. The molecule has 0 aliphatic rings. The molecule has 0 fully saturated rings. The number of pyridine rings is 2. The van der Waals surface area contributed by atoms with Gasteiger partial charge >= 0.3 is 0 Å². The second-order valence-corrected chi connectivity index (χ2v) is 5.96. The average molecular weight is 376 g/mol. The second kappa shape index (κ2) is 7.59. The molecule has 3 rings (SSSR count). The zero-order valence-electron chi connectivity index (χ0n) is 12.9. The van der Waals surface area contributed by atoms with E-state index in [-0.39, 0.29) is 34.1 Å². The number of carbonyl (C=O) groups excluding carboxylic acids is 1. The molecule has 1 aromatic carbocycles. The van der Waals surface area contributed by atoms with Gasteiger partial charge in [-0.3, -0.25) is 9.78 Å².